The van der Waals surface area contributed by atoms with E-state index in [-0.39, 0.29) is 21.9 Å². The van der Waals surface area contributed by atoms with Gasteiger partial charge >= 0.3 is 0 Å². The molecule has 0 unspecified atom stereocenters. The number of anilines is 2. The summed E-state index contributed by atoms with van der Waals surface area (Å²) < 4.78 is 48.7. The molecule has 0 aliphatic rings. The van der Waals surface area contributed by atoms with E-state index in [4.69, 9.17) is 18.9 Å². The van der Waals surface area contributed by atoms with E-state index in [1.54, 1.807) is 18.2 Å². The van der Waals surface area contributed by atoms with Gasteiger partial charge in [0, 0.05) is 36.1 Å². The molecule has 0 fully saturated rings. The van der Waals surface area contributed by atoms with Gasteiger partial charge in [0.05, 0.1) is 50.8 Å². The first-order valence-electron chi connectivity index (χ1n) is 9.54. The first-order valence-corrected chi connectivity index (χ1v) is 11.0. The topological polar surface area (TPSA) is 125 Å². The lowest BCUT2D eigenvalue weighted by Crippen LogP contribution is -2.16. The number of sulfonamides is 1. The zero-order valence-corrected chi connectivity index (χ0v) is 19.2. The minimum Gasteiger partial charge on any atom is -0.497 e. The zero-order valence-electron chi connectivity index (χ0n) is 18.4. The molecule has 0 bridgehead atoms. The number of nitrogens with zero attached hydrogens (tertiary/aromatic N) is 1. The van der Waals surface area contributed by atoms with E-state index >= 15 is 0 Å². The van der Waals surface area contributed by atoms with Crippen molar-refractivity contribution in [2.45, 2.75) is 4.90 Å². The van der Waals surface area contributed by atoms with Gasteiger partial charge < -0.3 is 24.3 Å². The number of ether oxygens (including phenoxy) is 4. The number of aromatic nitrogens is 1. The monoisotopic (exact) mass is 473 g/mol. The van der Waals surface area contributed by atoms with Crippen LogP contribution in [-0.2, 0) is 10.0 Å². The summed E-state index contributed by atoms with van der Waals surface area (Å²) in [6.45, 7) is 0. The summed E-state index contributed by atoms with van der Waals surface area (Å²) in [7, 11) is 1.88. The maximum atomic E-state index is 12.8. The predicted octanol–water partition coefficient (Wildman–Crippen LogP) is 3.17. The summed E-state index contributed by atoms with van der Waals surface area (Å²) in [6, 6.07) is 10.5. The second kappa shape index (κ2) is 10.1. The smallest absolute Gasteiger partial charge is 0.262 e. The van der Waals surface area contributed by atoms with Crippen molar-refractivity contribution in [1.29, 1.82) is 0 Å². The maximum Gasteiger partial charge on any atom is 0.262 e. The fourth-order valence-electron chi connectivity index (χ4n) is 2.90. The van der Waals surface area contributed by atoms with Gasteiger partial charge in [-0.1, -0.05) is 0 Å². The number of carbonyl (C=O) groups is 1. The normalized spacial score (nSPS) is 10.8. The number of benzene rings is 2. The van der Waals surface area contributed by atoms with E-state index in [9.17, 15) is 13.2 Å². The molecular formula is C22H23N3O7S. The van der Waals surface area contributed by atoms with Crippen molar-refractivity contribution in [3.63, 3.8) is 0 Å². The molecule has 10 nitrogen and oxygen atoms in total. The van der Waals surface area contributed by atoms with Gasteiger partial charge in [-0.3, -0.25) is 14.5 Å². The minimum absolute atomic E-state index is 0.0431. The molecule has 3 aromatic rings. The predicted molar refractivity (Wildman–Crippen MR) is 122 cm³/mol. The molecule has 0 saturated carbocycles. The van der Waals surface area contributed by atoms with Crippen LogP contribution >= 0.6 is 0 Å². The van der Waals surface area contributed by atoms with Crippen LogP contribution in [0.25, 0.3) is 0 Å². The Morgan fingerprint density at radius 1 is 0.788 bits per heavy atom. The SMILES string of the molecule is COc1cc(NC(=O)c2cncc(NS(=O)(=O)c3ccc(OC)c(OC)c3)c2)cc(OC)c1. The van der Waals surface area contributed by atoms with Crippen molar-refractivity contribution in [1.82, 2.24) is 4.98 Å². The average molecular weight is 474 g/mol. The summed E-state index contributed by atoms with van der Waals surface area (Å²) in [5.74, 6) is 1.16. The number of hydrogen-bond acceptors (Lipinski definition) is 8. The Hall–Kier alpha value is -3.99. The summed E-state index contributed by atoms with van der Waals surface area (Å²) >= 11 is 0. The van der Waals surface area contributed by atoms with Crippen molar-refractivity contribution in [2.75, 3.05) is 38.5 Å². The highest BCUT2D eigenvalue weighted by molar-refractivity contribution is 7.92. The van der Waals surface area contributed by atoms with Gasteiger partial charge in [0.1, 0.15) is 11.5 Å². The van der Waals surface area contributed by atoms with Crippen LogP contribution in [0.15, 0.2) is 59.8 Å². The Kier molecular flexibility index (Phi) is 7.23. The van der Waals surface area contributed by atoms with Crippen LogP contribution in [0.4, 0.5) is 11.4 Å². The van der Waals surface area contributed by atoms with Crippen LogP contribution in [-0.4, -0.2) is 47.7 Å². The van der Waals surface area contributed by atoms with Gasteiger partial charge in [0.2, 0.25) is 0 Å². The molecule has 0 aliphatic carbocycles. The van der Waals surface area contributed by atoms with E-state index in [0.29, 0.717) is 22.9 Å². The second-order valence-corrected chi connectivity index (χ2v) is 8.32. The number of carbonyl (C=O) groups excluding carboxylic acids is 1. The molecule has 1 aromatic heterocycles. The third-order valence-corrected chi connectivity index (χ3v) is 5.91. The molecule has 0 radical (unpaired) electrons. The first-order chi connectivity index (χ1) is 15.8. The fraction of sp³-hybridized carbons (Fsp3) is 0.182. The maximum absolute atomic E-state index is 12.8. The molecule has 174 valence electrons. The van der Waals surface area contributed by atoms with Crippen molar-refractivity contribution >= 4 is 27.3 Å². The first kappa shape index (κ1) is 23.7. The molecule has 1 amide bonds. The summed E-state index contributed by atoms with van der Waals surface area (Å²) in [6.07, 6.45) is 2.62. The van der Waals surface area contributed by atoms with Crippen LogP contribution in [0.5, 0.6) is 23.0 Å². The molecule has 11 heteroatoms. The van der Waals surface area contributed by atoms with Gasteiger partial charge in [-0.2, -0.15) is 0 Å². The average Bonchev–Trinajstić information content (AvgIpc) is 2.83. The molecule has 2 aromatic carbocycles. The molecule has 33 heavy (non-hydrogen) atoms. The quantitative estimate of drug-likeness (QED) is 0.486. The standard InChI is InChI=1S/C22H23N3O7S/c1-29-17-8-15(9-18(10-17)30-2)24-22(26)14-7-16(13-23-12-14)25-33(27,28)19-5-6-20(31-3)21(11-19)32-4/h5-13,25H,1-4H3,(H,24,26). The van der Waals surface area contributed by atoms with Gasteiger partial charge in [-0.15, -0.1) is 0 Å². The lowest BCUT2D eigenvalue weighted by Gasteiger charge is -2.12. The Labute approximate surface area is 191 Å². The van der Waals surface area contributed by atoms with Crippen molar-refractivity contribution < 1.29 is 32.2 Å². The number of rotatable bonds is 9. The minimum atomic E-state index is -3.98. The van der Waals surface area contributed by atoms with Crippen molar-refractivity contribution in [3.8, 4) is 23.0 Å². The molecule has 3 rings (SSSR count). The number of methoxy groups -OCH3 is 4. The lowest BCUT2D eigenvalue weighted by molar-refractivity contribution is 0.102. The highest BCUT2D eigenvalue weighted by Gasteiger charge is 2.18. The molecular weight excluding hydrogens is 450 g/mol. The molecule has 1 heterocycles. The summed E-state index contributed by atoms with van der Waals surface area (Å²) in [4.78, 5) is 16.6. The van der Waals surface area contributed by atoms with Crippen molar-refractivity contribution in [3.05, 3.63) is 60.4 Å². The molecule has 0 spiro atoms. The largest absolute Gasteiger partial charge is 0.497 e. The van der Waals surface area contributed by atoms with Crippen LogP contribution in [0.2, 0.25) is 0 Å². The lowest BCUT2D eigenvalue weighted by atomic mass is 10.2. The van der Waals surface area contributed by atoms with E-state index in [1.807, 2.05) is 0 Å². The van der Waals surface area contributed by atoms with E-state index < -0.39 is 15.9 Å². The number of amides is 1. The van der Waals surface area contributed by atoms with Crippen LogP contribution in [0.3, 0.4) is 0 Å². The number of nitrogens with one attached hydrogen (secondary N) is 2. The van der Waals surface area contributed by atoms with Crippen LogP contribution < -0.4 is 29.0 Å². The Bertz CT molecular complexity index is 1240. The Morgan fingerprint density at radius 2 is 1.45 bits per heavy atom. The molecule has 0 atom stereocenters. The van der Waals surface area contributed by atoms with Gasteiger partial charge in [0.25, 0.3) is 15.9 Å². The van der Waals surface area contributed by atoms with Gasteiger partial charge in [-0.05, 0) is 18.2 Å². The van der Waals surface area contributed by atoms with Gasteiger partial charge in [-0.25, -0.2) is 8.42 Å². The zero-order chi connectivity index (χ0) is 24.0. The number of pyridine rings is 1. The second-order valence-electron chi connectivity index (χ2n) is 6.64. The highest BCUT2D eigenvalue weighted by atomic mass is 32.2. The molecule has 0 aliphatic heterocycles. The van der Waals surface area contributed by atoms with Crippen LogP contribution in [0, 0.1) is 0 Å². The summed E-state index contributed by atoms with van der Waals surface area (Å²) in [5, 5.41) is 2.71. The third kappa shape index (κ3) is 5.63. The van der Waals surface area contributed by atoms with Crippen molar-refractivity contribution in [2.24, 2.45) is 0 Å². The van der Waals surface area contributed by atoms with Crippen LogP contribution in [0.1, 0.15) is 10.4 Å². The van der Waals surface area contributed by atoms with E-state index in [0.717, 1.165) is 0 Å². The Morgan fingerprint density at radius 3 is 2.06 bits per heavy atom. The van der Waals surface area contributed by atoms with E-state index in [1.165, 1.54) is 65.1 Å². The Balaban J connectivity index is 1.81. The molecule has 0 saturated heterocycles. The fourth-order valence-corrected chi connectivity index (χ4v) is 3.95. The van der Waals surface area contributed by atoms with E-state index in [2.05, 4.69) is 15.0 Å². The molecule has 2 N–H and O–H groups in total. The van der Waals surface area contributed by atoms with Gasteiger partial charge in [0.15, 0.2) is 11.5 Å². The highest BCUT2D eigenvalue weighted by Crippen LogP contribution is 2.30. The third-order valence-electron chi connectivity index (χ3n) is 4.53. The number of hydrogen-bond donors (Lipinski definition) is 2. The summed E-state index contributed by atoms with van der Waals surface area (Å²) in [5.41, 5.74) is 0.692.